The van der Waals surface area contributed by atoms with Crippen LogP contribution in [0, 0.1) is 0 Å². The molecule has 1 saturated heterocycles. The van der Waals surface area contributed by atoms with Crippen molar-refractivity contribution in [1.29, 1.82) is 0 Å². The summed E-state index contributed by atoms with van der Waals surface area (Å²) in [7, 11) is -2.51. The molecule has 7 rings (SSSR count). The van der Waals surface area contributed by atoms with Crippen LogP contribution in [0.5, 0.6) is 0 Å². The van der Waals surface area contributed by atoms with E-state index in [0.717, 1.165) is 15.5 Å². The third kappa shape index (κ3) is 10.0. The maximum Gasteiger partial charge on any atom is 0.421 e. The molecule has 334 valence electrons. The predicted molar refractivity (Wildman–Crippen MR) is 220 cm³/mol. The molecule has 1 fully saturated rings. The number of aromatic nitrogens is 7. The minimum absolute atomic E-state index is 0.00196. The Morgan fingerprint density at radius 1 is 0.984 bits per heavy atom. The molecule has 2 aliphatic heterocycles. The van der Waals surface area contributed by atoms with Crippen molar-refractivity contribution in [2.24, 2.45) is 0 Å². The molecular formula is C38H37F3N14O8S. The lowest BCUT2D eigenvalue weighted by Gasteiger charge is -2.27. The van der Waals surface area contributed by atoms with E-state index < -0.39 is 63.2 Å². The third-order valence-corrected chi connectivity index (χ3v) is 10.9. The summed E-state index contributed by atoms with van der Waals surface area (Å²) < 4.78 is 73.7. The first-order chi connectivity index (χ1) is 30.5. The number of rotatable bonds is 17. The highest BCUT2D eigenvalue weighted by atomic mass is 32.2. The van der Waals surface area contributed by atoms with Crippen LogP contribution in [-0.4, -0.2) is 117 Å². The molecule has 5 aromatic rings. The second kappa shape index (κ2) is 18.4. The minimum Gasteiger partial charge on any atom is -0.382 e. The smallest absolute Gasteiger partial charge is 0.382 e. The van der Waals surface area contributed by atoms with E-state index in [9.17, 15) is 45.6 Å². The summed E-state index contributed by atoms with van der Waals surface area (Å²) in [6.45, 7) is 0.504. The van der Waals surface area contributed by atoms with Gasteiger partial charge in [-0.25, -0.2) is 23.1 Å². The van der Waals surface area contributed by atoms with Crippen LogP contribution in [0.25, 0.3) is 0 Å². The number of carbonyl (C=O) groups is 5. The van der Waals surface area contributed by atoms with Gasteiger partial charge < -0.3 is 26.0 Å². The minimum atomic E-state index is -4.83. The molecule has 64 heavy (non-hydrogen) atoms. The van der Waals surface area contributed by atoms with Crippen molar-refractivity contribution in [3.63, 3.8) is 0 Å². The standard InChI is InChI=1S/C38H37F3N14O8S/c1-53(64(2,61)62)32-26(42-12-13-44-32)19-45-31-24(38(39,40)41)18-46-37(50-31)48-22-8-6-21(7-9-22)47-33(57)27-20-54(52-51-27)15-17-63-16-14-43-25-5-3-4-23-30(25)36(60)55(35(23)59)28-10-11-29(56)49-34(28)58/h3-9,12-13,18,20,28,43H,10-11,14-17,19H2,1-2H3,(H,47,57)(H,49,56,58)(H2,45,46,48,50). The molecule has 0 aliphatic carbocycles. The summed E-state index contributed by atoms with van der Waals surface area (Å²) in [5.74, 6) is -3.87. The van der Waals surface area contributed by atoms with E-state index >= 15 is 0 Å². The van der Waals surface area contributed by atoms with E-state index in [4.69, 9.17) is 4.74 Å². The van der Waals surface area contributed by atoms with Gasteiger partial charge in [-0.15, -0.1) is 5.10 Å². The zero-order valence-electron chi connectivity index (χ0n) is 33.7. The average molecular weight is 907 g/mol. The number of piperidine rings is 1. The van der Waals surface area contributed by atoms with Crippen LogP contribution >= 0.6 is 0 Å². The van der Waals surface area contributed by atoms with E-state index in [1.165, 1.54) is 60.7 Å². The van der Waals surface area contributed by atoms with E-state index in [2.05, 4.69) is 56.8 Å². The summed E-state index contributed by atoms with van der Waals surface area (Å²) in [6.07, 6.45) is 0.693. The zero-order chi connectivity index (χ0) is 45.8. The van der Waals surface area contributed by atoms with Crippen molar-refractivity contribution in [3.05, 3.63) is 95.3 Å². The van der Waals surface area contributed by atoms with E-state index in [0.29, 0.717) is 23.3 Å². The molecule has 1 unspecified atom stereocenters. The summed E-state index contributed by atoms with van der Waals surface area (Å²) in [4.78, 5) is 80.0. The molecule has 5 N–H and O–H groups in total. The highest BCUT2D eigenvalue weighted by Gasteiger charge is 2.45. The molecule has 5 heterocycles. The lowest BCUT2D eigenvalue weighted by Crippen LogP contribution is -2.54. The zero-order valence-corrected chi connectivity index (χ0v) is 34.5. The normalized spacial score (nSPS) is 15.1. The molecule has 0 radical (unpaired) electrons. The fraction of sp³-hybridized carbons (Fsp3) is 0.289. The largest absolute Gasteiger partial charge is 0.421 e. The van der Waals surface area contributed by atoms with Gasteiger partial charge in [0.2, 0.25) is 27.8 Å². The number of hydrogen-bond donors (Lipinski definition) is 5. The predicted octanol–water partition coefficient (Wildman–Crippen LogP) is 2.41. The fourth-order valence-electron chi connectivity index (χ4n) is 6.51. The first kappa shape index (κ1) is 44.4. The topological polar surface area (TPSA) is 278 Å². The maximum absolute atomic E-state index is 13.9. The number of imide groups is 2. The van der Waals surface area contributed by atoms with E-state index in [1.807, 2.05) is 0 Å². The van der Waals surface area contributed by atoms with Crippen molar-refractivity contribution in [1.82, 2.24) is 45.1 Å². The Balaban J connectivity index is 0.877. The molecule has 2 aromatic carbocycles. The summed E-state index contributed by atoms with van der Waals surface area (Å²) in [5, 5.41) is 21.2. The van der Waals surface area contributed by atoms with Crippen LogP contribution in [0.15, 0.2) is 67.3 Å². The number of nitrogens with zero attached hydrogens (tertiary/aromatic N) is 9. The van der Waals surface area contributed by atoms with Gasteiger partial charge in [0.1, 0.15) is 23.1 Å². The Kier molecular flexibility index (Phi) is 12.8. The Morgan fingerprint density at radius 2 is 1.73 bits per heavy atom. The van der Waals surface area contributed by atoms with Crippen molar-refractivity contribution in [2.75, 3.05) is 58.6 Å². The van der Waals surface area contributed by atoms with Gasteiger partial charge in [-0.2, -0.15) is 18.2 Å². The first-order valence-corrected chi connectivity index (χ1v) is 21.0. The second-order valence-electron chi connectivity index (χ2n) is 14.1. The van der Waals surface area contributed by atoms with Gasteiger partial charge in [0, 0.05) is 55.7 Å². The Morgan fingerprint density at radius 3 is 2.47 bits per heavy atom. The molecule has 0 bridgehead atoms. The summed E-state index contributed by atoms with van der Waals surface area (Å²) in [5.41, 5.74) is 0.255. The van der Waals surface area contributed by atoms with Gasteiger partial charge in [-0.3, -0.25) is 43.5 Å². The van der Waals surface area contributed by atoms with Gasteiger partial charge in [0.25, 0.3) is 17.7 Å². The molecule has 26 heteroatoms. The highest BCUT2D eigenvalue weighted by Crippen LogP contribution is 2.35. The van der Waals surface area contributed by atoms with Gasteiger partial charge in [-0.05, 0) is 42.8 Å². The van der Waals surface area contributed by atoms with Crippen LogP contribution < -0.4 is 30.9 Å². The Hall–Kier alpha value is -7.61. The molecule has 1 atom stereocenters. The molecule has 2 aliphatic rings. The number of fused-ring (bicyclic) bond motifs is 1. The van der Waals surface area contributed by atoms with Crippen LogP contribution in [0.1, 0.15) is 55.3 Å². The second-order valence-corrected chi connectivity index (χ2v) is 16.1. The number of alkyl halides is 3. The first-order valence-electron chi connectivity index (χ1n) is 19.1. The van der Waals surface area contributed by atoms with Crippen molar-refractivity contribution in [3.8, 4) is 0 Å². The van der Waals surface area contributed by atoms with Crippen molar-refractivity contribution in [2.45, 2.75) is 38.1 Å². The van der Waals surface area contributed by atoms with E-state index in [1.54, 1.807) is 12.1 Å². The van der Waals surface area contributed by atoms with Crippen LogP contribution in [0.4, 0.5) is 47.8 Å². The maximum atomic E-state index is 13.9. The number of halogens is 3. The number of ether oxygens (including phenoxy) is 1. The number of nitrogens with one attached hydrogen (secondary N) is 5. The third-order valence-electron chi connectivity index (χ3n) is 9.73. The van der Waals surface area contributed by atoms with Gasteiger partial charge in [0.15, 0.2) is 11.5 Å². The average Bonchev–Trinajstić information content (AvgIpc) is 3.83. The van der Waals surface area contributed by atoms with Crippen LogP contribution in [0.2, 0.25) is 0 Å². The number of hydrogen-bond acceptors (Lipinski definition) is 17. The SMILES string of the molecule is CN(c1nccnc1CNc1nc(Nc2ccc(NC(=O)c3cn(CCOCCNc4cccc5c4C(=O)N(C4CCC(=O)NC4=O)C5=O)nn3)cc2)ncc1C(F)(F)F)S(C)(=O)=O. The number of anilines is 6. The number of carbonyl (C=O) groups excluding carboxylic acids is 5. The molecule has 22 nitrogen and oxygen atoms in total. The highest BCUT2D eigenvalue weighted by molar-refractivity contribution is 7.92. The van der Waals surface area contributed by atoms with Gasteiger partial charge in [-0.1, -0.05) is 11.3 Å². The number of amides is 5. The van der Waals surface area contributed by atoms with Crippen LogP contribution in [-0.2, 0) is 43.6 Å². The number of benzene rings is 2. The number of sulfonamides is 1. The van der Waals surface area contributed by atoms with E-state index in [-0.39, 0.29) is 80.0 Å². The van der Waals surface area contributed by atoms with Crippen LogP contribution in [0.3, 0.4) is 0 Å². The molecule has 5 amide bonds. The molecule has 3 aromatic heterocycles. The Bertz CT molecular complexity index is 2740. The van der Waals surface area contributed by atoms with Gasteiger partial charge in [0.05, 0.1) is 49.9 Å². The van der Waals surface area contributed by atoms with Gasteiger partial charge >= 0.3 is 6.18 Å². The summed E-state index contributed by atoms with van der Waals surface area (Å²) >= 11 is 0. The summed E-state index contributed by atoms with van der Waals surface area (Å²) in [6, 6.07) is 9.75. The lowest BCUT2D eigenvalue weighted by molar-refractivity contribution is -0.138. The molecule has 0 spiro atoms. The fourth-order valence-corrected chi connectivity index (χ4v) is 6.98. The molecule has 0 saturated carbocycles. The Labute approximate surface area is 361 Å². The monoisotopic (exact) mass is 906 g/mol. The van der Waals surface area contributed by atoms with Crippen molar-refractivity contribution >= 4 is 74.2 Å². The quantitative estimate of drug-likeness (QED) is 0.0662. The lowest BCUT2D eigenvalue weighted by atomic mass is 10.0. The van der Waals surface area contributed by atoms with Crippen molar-refractivity contribution < 1.29 is 50.3 Å². The molecular weight excluding hydrogens is 870 g/mol.